The van der Waals surface area contributed by atoms with E-state index < -0.39 is 11.7 Å². The first kappa shape index (κ1) is 12.7. The lowest BCUT2D eigenvalue weighted by Crippen LogP contribution is -2.27. The van der Waals surface area contributed by atoms with Crippen LogP contribution in [0.5, 0.6) is 0 Å². The second kappa shape index (κ2) is 4.50. The van der Waals surface area contributed by atoms with Crippen molar-refractivity contribution in [2.75, 3.05) is 0 Å². The van der Waals surface area contributed by atoms with Crippen LogP contribution in [0.3, 0.4) is 0 Å². The van der Waals surface area contributed by atoms with E-state index in [4.69, 9.17) is 17.3 Å². The van der Waals surface area contributed by atoms with Crippen LogP contribution in [0.25, 0.3) is 0 Å². The Morgan fingerprint density at radius 3 is 2.35 bits per heavy atom. The lowest BCUT2D eigenvalue weighted by molar-refractivity contribution is -0.137. The highest BCUT2D eigenvalue weighted by molar-refractivity contribution is 6.30. The molecule has 1 aromatic rings. The molecule has 1 fully saturated rings. The van der Waals surface area contributed by atoms with E-state index in [0.29, 0.717) is 5.56 Å². The third kappa shape index (κ3) is 2.75. The average Bonchev–Trinajstić information content (AvgIpc) is 2.12. The molecule has 0 amide bonds. The highest BCUT2D eigenvalue weighted by Crippen LogP contribution is 2.39. The van der Waals surface area contributed by atoms with Crippen LogP contribution in [0.15, 0.2) is 18.2 Å². The maximum atomic E-state index is 12.6. The Balaban J connectivity index is 2.30. The monoisotopic (exact) mass is 263 g/mol. The Morgan fingerprint density at radius 1 is 1.24 bits per heavy atom. The average molecular weight is 264 g/mol. The summed E-state index contributed by atoms with van der Waals surface area (Å²) in [4.78, 5) is 0. The topological polar surface area (TPSA) is 26.0 Å². The van der Waals surface area contributed by atoms with Crippen molar-refractivity contribution in [2.45, 2.75) is 31.5 Å². The zero-order valence-corrected chi connectivity index (χ0v) is 9.85. The highest BCUT2D eigenvalue weighted by atomic mass is 35.5. The normalized spacial score (nSPS) is 18.9. The smallest absolute Gasteiger partial charge is 0.324 e. The van der Waals surface area contributed by atoms with Crippen LogP contribution in [0.4, 0.5) is 13.2 Å². The molecule has 0 aliphatic heterocycles. The summed E-state index contributed by atoms with van der Waals surface area (Å²) in [6, 6.07) is 3.22. The minimum atomic E-state index is -4.38. The molecule has 0 saturated heterocycles. The molecule has 1 atom stereocenters. The van der Waals surface area contributed by atoms with E-state index >= 15 is 0 Å². The molecule has 0 bridgehead atoms. The molecule has 0 radical (unpaired) electrons. The molecule has 0 heterocycles. The van der Waals surface area contributed by atoms with E-state index in [1.54, 1.807) is 0 Å². The van der Waals surface area contributed by atoms with Crippen molar-refractivity contribution in [3.63, 3.8) is 0 Å². The summed E-state index contributed by atoms with van der Waals surface area (Å²) in [5.41, 5.74) is 5.71. The summed E-state index contributed by atoms with van der Waals surface area (Å²) in [6.07, 6.45) is -1.31. The molecule has 94 valence electrons. The second-order valence-electron chi connectivity index (χ2n) is 4.49. The summed E-state index contributed by atoms with van der Waals surface area (Å²) < 4.78 is 37.8. The van der Waals surface area contributed by atoms with Gasteiger partial charge in [0, 0.05) is 11.1 Å². The Kier molecular flexibility index (Phi) is 3.36. The summed E-state index contributed by atoms with van der Waals surface area (Å²) >= 11 is 5.71. The maximum Gasteiger partial charge on any atom is 0.416 e. The van der Waals surface area contributed by atoms with Gasteiger partial charge in [-0.2, -0.15) is 13.2 Å². The first-order valence-corrected chi connectivity index (χ1v) is 5.89. The molecule has 1 saturated carbocycles. The van der Waals surface area contributed by atoms with Gasteiger partial charge in [-0.05, 0) is 42.5 Å². The molecular weight excluding hydrogens is 251 g/mol. The number of rotatable bonds is 2. The van der Waals surface area contributed by atoms with Gasteiger partial charge in [-0.15, -0.1) is 0 Å². The third-order valence-corrected chi connectivity index (χ3v) is 3.51. The molecule has 1 aliphatic rings. The van der Waals surface area contributed by atoms with Crippen LogP contribution in [-0.4, -0.2) is 0 Å². The fourth-order valence-electron chi connectivity index (χ4n) is 2.04. The molecule has 5 heteroatoms. The largest absolute Gasteiger partial charge is 0.416 e. The summed E-state index contributed by atoms with van der Waals surface area (Å²) in [7, 11) is 0. The van der Waals surface area contributed by atoms with Gasteiger partial charge >= 0.3 is 6.18 Å². The first-order valence-electron chi connectivity index (χ1n) is 5.51. The van der Waals surface area contributed by atoms with Gasteiger partial charge in [0.1, 0.15) is 0 Å². The lowest BCUT2D eigenvalue weighted by atomic mass is 9.77. The third-order valence-electron chi connectivity index (χ3n) is 3.29. The standard InChI is InChI=1S/C12H13ClF3N/c13-10-5-8(11(17)7-2-1-3-7)4-9(6-10)12(14,15)16/h4-7,11H,1-3,17H2/t11-/m1/s1. The number of hydrogen-bond donors (Lipinski definition) is 1. The van der Waals surface area contributed by atoms with Crippen molar-refractivity contribution in [3.8, 4) is 0 Å². The van der Waals surface area contributed by atoms with Gasteiger partial charge in [0.05, 0.1) is 5.56 Å². The van der Waals surface area contributed by atoms with E-state index in [9.17, 15) is 13.2 Å². The van der Waals surface area contributed by atoms with E-state index in [1.807, 2.05) is 0 Å². The number of hydrogen-bond acceptors (Lipinski definition) is 1. The Hall–Kier alpha value is -0.740. The predicted octanol–water partition coefficient (Wildman–Crippen LogP) is 4.16. The second-order valence-corrected chi connectivity index (χ2v) is 4.92. The highest BCUT2D eigenvalue weighted by Gasteiger charge is 2.33. The van der Waals surface area contributed by atoms with Crippen molar-refractivity contribution in [1.82, 2.24) is 0 Å². The van der Waals surface area contributed by atoms with Gasteiger partial charge in [0.25, 0.3) is 0 Å². The Bertz CT molecular complexity index is 413. The molecule has 17 heavy (non-hydrogen) atoms. The molecule has 0 unspecified atom stereocenters. The molecule has 0 spiro atoms. The number of benzene rings is 1. The predicted molar refractivity (Wildman–Crippen MR) is 60.7 cm³/mol. The maximum absolute atomic E-state index is 12.6. The van der Waals surface area contributed by atoms with Gasteiger partial charge in [-0.25, -0.2) is 0 Å². The molecule has 2 N–H and O–H groups in total. The fraction of sp³-hybridized carbons (Fsp3) is 0.500. The van der Waals surface area contributed by atoms with Crippen molar-refractivity contribution in [3.05, 3.63) is 34.3 Å². The van der Waals surface area contributed by atoms with Crippen molar-refractivity contribution in [2.24, 2.45) is 11.7 Å². The van der Waals surface area contributed by atoms with E-state index in [2.05, 4.69) is 0 Å². The van der Waals surface area contributed by atoms with Gasteiger partial charge in [0.2, 0.25) is 0 Å². The van der Waals surface area contributed by atoms with Crippen LogP contribution in [-0.2, 0) is 6.18 Å². The Labute approximate surface area is 103 Å². The van der Waals surface area contributed by atoms with Crippen molar-refractivity contribution in [1.29, 1.82) is 0 Å². The Morgan fingerprint density at radius 2 is 1.88 bits per heavy atom. The zero-order chi connectivity index (χ0) is 12.6. The van der Waals surface area contributed by atoms with E-state index in [0.717, 1.165) is 31.4 Å². The first-order chi connectivity index (χ1) is 7.88. The number of halogens is 4. The summed E-state index contributed by atoms with van der Waals surface area (Å²) in [5.74, 6) is 0.287. The van der Waals surface area contributed by atoms with Crippen LogP contribution in [0, 0.1) is 5.92 Å². The van der Waals surface area contributed by atoms with Crippen LogP contribution in [0.1, 0.15) is 36.4 Å². The molecule has 1 aromatic carbocycles. The molecule has 1 nitrogen and oxygen atoms in total. The zero-order valence-electron chi connectivity index (χ0n) is 9.10. The quantitative estimate of drug-likeness (QED) is 0.852. The van der Waals surface area contributed by atoms with Crippen LogP contribution < -0.4 is 5.73 Å². The summed E-state index contributed by atoms with van der Waals surface area (Å²) in [6.45, 7) is 0. The summed E-state index contributed by atoms with van der Waals surface area (Å²) in [5, 5.41) is 0.0876. The number of nitrogens with two attached hydrogens (primary N) is 1. The number of alkyl halides is 3. The molecular formula is C12H13ClF3N. The van der Waals surface area contributed by atoms with Gasteiger partial charge in [-0.3, -0.25) is 0 Å². The molecule has 1 aliphatic carbocycles. The van der Waals surface area contributed by atoms with Gasteiger partial charge in [0.15, 0.2) is 0 Å². The van der Waals surface area contributed by atoms with Crippen LogP contribution in [0.2, 0.25) is 5.02 Å². The van der Waals surface area contributed by atoms with Gasteiger partial charge < -0.3 is 5.73 Å². The molecule has 2 rings (SSSR count). The van der Waals surface area contributed by atoms with Crippen LogP contribution >= 0.6 is 11.6 Å². The SMILES string of the molecule is N[C@@H](c1cc(Cl)cc(C(F)(F)F)c1)C1CCC1. The van der Waals surface area contributed by atoms with Crippen molar-refractivity contribution >= 4 is 11.6 Å². The van der Waals surface area contributed by atoms with E-state index in [1.165, 1.54) is 6.07 Å². The fourth-order valence-corrected chi connectivity index (χ4v) is 2.28. The van der Waals surface area contributed by atoms with Gasteiger partial charge in [-0.1, -0.05) is 18.0 Å². The molecule has 0 aromatic heterocycles. The van der Waals surface area contributed by atoms with E-state index in [-0.39, 0.29) is 17.0 Å². The van der Waals surface area contributed by atoms with Crippen molar-refractivity contribution < 1.29 is 13.2 Å². The minimum Gasteiger partial charge on any atom is -0.324 e. The minimum absolute atomic E-state index is 0.0876. The lowest BCUT2D eigenvalue weighted by Gasteiger charge is -2.31.